The summed E-state index contributed by atoms with van der Waals surface area (Å²) in [5.74, 6) is -0.0760. The van der Waals surface area contributed by atoms with Gasteiger partial charge in [-0.05, 0) is 31.2 Å². The minimum atomic E-state index is -0.234. The fourth-order valence-electron chi connectivity index (χ4n) is 3.93. The molecule has 2 aliphatic heterocycles. The lowest BCUT2D eigenvalue weighted by Crippen LogP contribution is -2.50. The summed E-state index contributed by atoms with van der Waals surface area (Å²) in [6.07, 6.45) is 0.311. The van der Waals surface area contributed by atoms with E-state index in [9.17, 15) is 9.59 Å². The van der Waals surface area contributed by atoms with Crippen LogP contribution in [-0.2, 0) is 9.59 Å². The molecule has 5 nitrogen and oxygen atoms in total. The molecule has 0 N–H and O–H groups in total. The molecule has 0 spiro atoms. The number of amides is 2. The Morgan fingerprint density at radius 1 is 0.889 bits per heavy atom. The largest absolute Gasteiger partial charge is 0.368 e. The number of rotatable bonds is 3. The molecular formula is C22H25N3O2. The summed E-state index contributed by atoms with van der Waals surface area (Å²) >= 11 is 0. The van der Waals surface area contributed by atoms with Gasteiger partial charge in [0.15, 0.2) is 0 Å². The molecule has 2 saturated heterocycles. The van der Waals surface area contributed by atoms with E-state index >= 15 is 0 Å². The van der Waals surface area contributed by atoms with Crippen molar-refractivity contribution in [2.75, 3.05) is 42.5 Å². The minimum absolute atomic E-state index is 0.0418. The highest BCUT2D eigenvalue weighted by Gasteiger charge is 2.37. The van der Waals surface area contributed by atoms with Gasteiger partial charge in [-0.3, -0.25) is 9.59 Å². The number of nitrogens with zero attached hydrogens (tertiary/aromatic N) is 3. The van der Waals surface area contributed by atoms with E-state index in [1.54, 1.807) is 4.90 Å². The first kappa shape index (κ1) is 17.6. The van der Waals surface area contributed by atoms with Crippen LogP contribution in [0.1, 0.15) is 12.0 Å². The van der Waals surface area contributed by atoms with Gasteiger partial charge < -0.3 is 14.7 Å². The summed E-state index contributed by atoms with van der Waals surface area (Å²) in [4.78, 5) is 31.4. The third-order valence-corrected chi connectivity index (χ3v) is 5.53. The first-order valence-corrected chi connectivity index (χ1v) is 9.57. The third-order valence-electron chi connectivity index (χ3n) is 5.53. The van der Waals surface area contributed by atoms with Crippen molar-refractivity contribution >= 4 is 23.2 Å². The second-order valence-electron chi connectivity index (χ2n) is 7.39. The predicted molar refractivity (Wildman–Crippen MR) is 107 cm³/mol. The number of benzene rings is 2. The molecule has 0 aromatic heterocycles. The van der Waals surface area contributed by atoms with Gasteiger partial charge in [0.2, 0.25) is 11.8 Å². The van der Waals surface area contributed by atoms with Crippen molar-refractivity contribution in [3.63, 3.8) is 0 Å². The molecule has 2 aromatic carbocycles. The van der Waals surface area contributed by atoms with E-state index in [4.69, 9.17) is 0 Å². The Labute approximate surface area is 160 Å². The van der Waals surface area contributed by atoms with Gasteiger partial charge in [-0.1, -0.05) is 35.9 Å². The average Bonchev–Trinajstić information content (AvgIpc) is 3.10. The summed E-state index contributed by atoms with van der Waals surface area (Å²) in [6, 6.07) is 18.2. The summed E-state index contributed by atoms with van der Waals surface area (Å²) < 4.78 is 0. The van der Waals surface area contributed by atoms with Crippen molar-refractivity contribution in [1.82, 2.24) is 4.90 Å². The Bertz CT molecular complexity index is 811. The molecule has 1 atom stereocenters. The maximum Gasteiger partial charge on any atom is 0.228 e. The summed E-state index contributed by atoms with van der Waals surface area (Å²) in [5, 5.41) is 0. The van der Waals surface area contributed by atoms with Crippen LogP contribution >= 0.6 is 0 Å². The van der Waals surface area contributed by atoms with Crippen molar-refractivity contribution in [2.24, 2.45) is 5.92 Å². The molecule has 2 aromatic rings. The van der Waals surface area contributed by atoms with E-state index < -0.39 is 0 Å². The molecule has 2 amide bonds. The maximum absolute atomic E-state index is 12.9. The van der Waals surface area contributed by atoms with Crippen LogP contribution in [0, 0.1) is 12.8 Å². The third kappa shape index (κ3) is 3.68. The molecule has 0 aliphatic carbocycles. The predicted octanol–water partition coefficient (Wildman–Crippen LogP) is 2.70. The number of hydrogen-bond donors (Lipinski definition) is 0. The van der Waals surface area contributed by atoms with Gasteiger partial charge in [0.25, 0.3) is 0 Å². The molecule has 140 valence electrons. The quantitative estimate of drug-likeness (QED) is 0.842. The number of anilines is 2. The molecule has 0 saturated carbocycles. The van der Waals surface area contributed by atoms with E-state index in [2.05, 4.69) is 17.0 Å². The van der Waals surface area contributed by atoms with Crippen LogP contribution in [0.15, 0.2) is 54.6 Å². The number of carbonyl (C=O) groups excluding carboxylic acids is 2. The zero-order chi connectivity index (χ0) is 18.8. The van der Waals surface area contributed by atoms with Crippen molar-refractivity contribution in [3.05, 3.63) is 60.2 Å². The fourth-order valence-corrected chi connectivity index (χ4v) is 3.93. The SMILES string of the molecule is Cc1ccc(N2C[C@H](C(=O)N3CCN(c4ccccc4)CC3)CC2=O)cc1. The van der Waals surface area contributed by atoms with Crippen molar-refractivity contribution in [2.45, 2.75) is 13.3 Å². The number of para-hydroxylation sites is 1. The zero-order valence-corrected chi connectivity index (χ0v) is 15.7. The molecule has 0 radical (unpaired) electrons. The molecule has 2 fully saturated rings. The minimum Gasteiger partial charge on any atom is -0.368 e. The zero-order valence-electron chi connectivity index (χ0n) is 15.7. The van der Waals surface area contributed by atoms with E-state index in [-0.39, 0.29) is 17.7 Å². The maximum atomic E-state index is 12.9. The standard InChI is InChI=1S/C22H25N3O2/c1-17-7-9-20(10-8-17)25-16-18(15-21(25)26)22(27)24-13-11-23(12-14-24)19-5-3-2-4-6-19/h2-10,18H,11-16H2,1H3/t18-/m1/s1. The van der Waals surface area contributed by atoms with Gasteiger partial charge in [0.05, 0.1) is 5.92 Å². The van der Waals surface area contributed by atoms with Crippen LogP contribution in [-0.4, -0.2) is 49.4 Å². The second kappa shape index (κ2) is 7.43. The Morgan fingerprint density at radius 3 is 2.22 bits per heavy atom. The van der Waals surface area contributed by atoms with E-state index in [0.29, 0.717) is 26.1 Å². The average molecular weight is 363 g/mol. The summed E-state index contributed by atoms with van der Waals surface area (Å²) in [6.45, 7) is 5.60. The lowest BCUT2D eigenvalue weighted by Gasteiger charge is -2.37. The highest BCUT2D eigenvalue weighted by molar-refractivity contribution is 6.00. The van der Waals surface area contributed by atoms with Crippen LogP contribution in [0.3, 0.4) is 0 Å². The molecule has 2 heterocycles. The molecule has 27 heavy (non-hydrogen) atoms. The van der Waals surface area contributed by atoms with Crippen LogP contribution in [0.5, 0.6) is 0 Å². The van der Waals surface area contributed by atoms with Crippen LogP contribution in [0.2, 0.25) is 0 Å². The van der Waals surface area contributed by atoms with E-state index in [1.807, 2.05) is 54.3 Å². The first-order chi connectivity index (χ1) is 13.1. The molecule has 4 rings (SSSR count). The molecular weight excluding hydrogens is 338 g/mol. The number of carbonyl (C=O) groups is 2. The Kier molecular flexibility index (Phi) is 4.84. The number of piperazine rings is 1. The van der Waals surface area contributed by atoms with Crippen molar-refractivity contribution in [3.8, 4) is 0 Å². The molecule has 0 bridgehead atoms. The lowest BCUT2D eigenvalue weighted by molar-refractivity contribution is -0.136. The molecule has 0 unspecified atom stereocenters. The summed E-state index contributed by atoms with van der Waals surface area (Å²) in [7, 11) is 0. The van der Waals surface area contributed by atoms with Gasteiger partial charge >= 0.3 is 0 Å². The molecule has 5 heteroatoms. The number of aryl methyl sites for hydroxylation is 1. The second-order valence-corrected chi connectivity index (χ2v) is 7.39. The topological polar surface area (TPSA) is 43.9 Å². The lowest BCUT2D eigenvalue weighted by atomic mass is 10.1. The van der Waals surface area contributed by atoms with Crippen LogP contribution in [0.4, 0.5) is 11.4 Å². The monoisotopic (exact) mass is 363 g/mol. The Hall–Kier alpha value is -2.82. The van der Waals surface area contributed by atoms with Crippen LogP contribution < -0.4 is 9.80 Å². The first-order valence-electron chi connectivity index (χ1n) is 9.57. The fraction of sp³-hybridized carbons (Fsp3) is 0.364. The smallest absolute Gasteiger partial charge is 0.228 e. The van der Waals surface area contributed by atoms with Crippen LogP contribution in [0.25, 0.3) is 0 Å². The highest BCUT2D eigenvalue weighted by Crippen LogP contribution is 2.27. The van der Waals surface area contributed by atoms with E-state index in [1.165, 1.54) is 5.69 Å². The summed E-state index contributed by atoms with van der Waals surface area (Å²) in [5.41, 5.74) is 3.25. The Balaban J connectivity index is 1.36. The van der Waals surface area contributed by atoms with Crippen molar-refractivity contribution in [1.29, 1.82) is 0 Å². The van der Waals surface area contributed by atoms with Gasteiger partial charge in [-0.2, -0.15) is 0 Å². The van der Waals surface area contributed by atoms with Gasteiger partial charge in [-0.25, -0.2) is 0 Å². The number of hydrogen-bond acceptors (Lipinski definition) is 3. The normalized spacial score (nSPS) is 20.3. The highest BCUT2D eigenvalue weighted by atomic mass is 16.2. The van der Waals surface area contributed by atoms with E-state index in [0.717, 1.165) is 24.3 Å². The van der Waals surface area contributed by atoms with Gasteiger partial charge in [-0.15, -0.1) is 0 Å². The van der Waals surface area contributed by atoms with Crippen molar-refractivity contribution < 1.29 is 9.59 Å². The molecule has 2 aliphatic rings. The van der Waals surface area contributed by atoms with Gasteiger partial charge in [0, 0.05) is 50.5 Å². The Morgan fingerprint density at radius 2 is 1.56 bits per heavy atom. The van der Waals surface area contributed by atoms with Gasteiger partial charge in [0.1, 0.15) is 0 Å².